The summed E-state index contributed by atoms with van der Waals surface area (Å²) in [6.07, 6.45) is 2.39. The third kappa shape index (κ3) is 4.82. The molecule has 0 radical (unpaired) electrons. The molecule has 0 fully saturated rings. The molecule has 5 nitrogen and oxygen atoms in total. The molecule has 0 atom stereocenters. The van der Waals surface area contributed by atoms with Crippen molar-refractivity contribution in [1.82, 2.24) is 4.98 Å². The highest BCUT2D eigenvalue weighted by Gasteiger charge is 2.21. The van der Waals surface area contributed by atoms with Crippen molar-refractivity contribution in [1.29, 1.82) is 0 Å². The third-order valence-electron chi connectivity index (χ3n) is 4.61. The summed E-state index contributed by atoms with van der Waals surface area (Å²) in [7, 11) is 0. The second-order valence-corrected chi connectivity index (χ2v) is 7.49. The Morgan fingerprint density at radius 2 is 1.79 bits per heavy atom. The van der Waals surface area contributed by atoms with Crippen molar-refractivity contribution in [3.8, 4) is 0 Å². The van der Waals surface area contributed by atoms with Crippen LogP contribution in [0.3, 0.4) is 0 Å². The van der Waals surface area contributed by atoms with Crippen LogP contribution in [0.2, 0.25) is 0 Å². The highest BCUT2D eigenvalue weighted by molar-refractivity contribution is 9.10. The van der Waals surface area contributed by atoms with Crippen LogP contribution in [-0.2, 0) is 22.4 Å². The molecule has 0 saturated heterocycles. The standard InChI is InChI=1S/C23H23BrN2O3/c1-3-9-18-15(4-2)22(16-10-5-7-12-19(16)25-18)23(28)29-14-21(27)26-20-13-8-6-11-17(20)24/h5-8,10-13H,3-4,9,14H2,1-2H3,(H,26,27). The Balaban J connectivity index is 1.84. The molecule has 1 amide bonds. The van der Waals surface area contributed by atoms with Crippen LogP contribution in [-0.4, -0.2) is 23.5 Å². The van der Waals surface area contributed by atoms with Gasteiger partial charge in [-0.2, -0.15) is 0 Å². The van der Waals surface area contributed by atoms with Crippen LogP contribution in [0.4, 0.5) is 5.69 Å². The highest BCUT2D eigenvalue weighted by Crippen LogP contribution is 2.26. The first-order valence-corrected chi connectivity index (χ1v) is 10.5. The monoisotopic (exact) mass is 454 g/mol. The first-order valence-electron chi connectivity index (χ1n) is 9.67. The van der Waals surface area contributed by atoms with Gasteiger partial charge in [0, 0.05) is 15.6 Å². The van der Waals surface area contributed by atoms with E-state index in [-0.39, 0.29) is 6.61 Å². The zero-order valence-electron chi connectivity index (χ0n) is 16.5. The smallest absolute Gasteiger partial charge is 0.339 e. The summed E-state index contributed by atoms with van der Waals surface area (Å²) in [5.41, 5.74) is 3.70. The number of nitrogens with zero attached hydrogens (tertiary/aromatic N) is 1. The zero-order chi connectivity index (χ0) is 20.8. The summed E-state index contributed by atoms with van der Waals surface area (Å²) < 4.78 is 6.15. The minimum absolute atomic E-state index is 0.358. The lowest BCUT2D eigenvalue weighted by atomic mass is 9.96. The Labute approximate surface area is 178 Å². The van der Waals surface area contributed by atoms with E-state index in [0.29, 0.717) is 17.7 Å². The minimum Gasteiger partial charge on any atom is -0.452 e. The van der Waals surface area contributed by atoms with Gasteiger partial charge in [-0.1, -0.05) is 50.6 Å². The van der Waals surface area contributed by atoms with Gasteiger partial charge in [0.05, 0.1) is 16.8 Å². The quantitative estimate of drug-likeness (QED) is 0.491. The molecule has 1 heterocycles. The number of hydrogen-bond donors (Lipinski definition) is 1. The summed E-state index contributed by atoms with van der Waals surface area (Å²) >= 11 is 3.38. The van der Waals surface area contributed by atoms with Crippen molar-refractivity contribution >= 4 is 44.4 Å². The SMILES string of the molecule is CCCc1nc2ccccc2c(C(=O)OCC(=O)Nc2ccccc2Br)c1CC. The number of benzene rings is 2. The molecular weight excluding hydrogens is 432 g/mol. The average molecular weight is 455 g/mol. The van der Waals surface area contributed by atoms with Crippen molar-refractivity contribution in [2.75, 3.05) is 11.9 Å². The van der Waals surface area contributed by atoms with Gasteiger partial charge in [-0.25, -0.2) is 4.79 Å². The van der Waals surface area contributed by atoms with E-state index in [9.17, 15) is 9.59 Å². The van der Waals surface area contributed by atoms with E-state index in [1.54, 1.807) is 6.07 Å². The number of hydrogen-bond acceptors (Lipinski definition) is 4. The van der Waals surface area contributed by atoms with Gasteiger partial charge < -0.3 is 10.1 Å². The number of anilines is 1. The normalized spacial score (nSPS) is 10.7. The molecule has 0 saturated carbocycles. The lowest BCUT2D eigenvalue weighted by molar-refractivity contribution is -0.119. The summed E-state index contributed by atoms with van der Waals surface area (Å²) in [4.78, 5) is 30.0. The van der Waals surface area contributed by atoms with Gasteiger partial charge in [0.25, 0.3) is 5.91 Å². The molecule has 0 bridgehead atoms. The van der Waals surface area contributed by atoms with Crippen molar-refractivity contribution in [2.24, 2.45) is 0 Å². The predicted octanol–water partition coefficient (Wildman–Crippen LogP) is 5.31. The van der Waals surface area contributed by atoms with Crippen LogP contribution in [0, 0.1) is 0 Å². The Kier molecular flexibility index (Phi) is 6.99. The Morgan fingerprint density at radius 3 is 2.52 bits per heavy atom. The molecule has 0 spiro atoms. The summed E-state index contributed by atoms with van der Waals surface area (Å²) in [5.74, 6) is -0.893. The molecule has 0 aliphatic rings. The number of carbonyl (C=O) groups is 2. The Bertz CT molecular complexity index is 1050. The molecule has 0 aliphatic heterocycles. The number of fused-ring (bicyclic) bond motifs is 1. The minimum atomic E-state index is -0.500. The molecule has 1 N–H and O–H groups in total. The average Bonchev–Trinajstić information content (AvgIpc) is 2.73. The van der Waals surface area contributed by atoms with Gasteiger partial charge >= 0.3 is 5.97 Å². The lowest BCUT2D eigenvalue weighted by Crippen LogP contribution is -2.22. The number of rotatable bonds is 7. The first kappa shape index (κ1) is 21.0. The van der Waals surface area contributed by atoms with Crippen LogP contribution in [0.15, 0.2) is 53.0 Å². The second-order valence-electron chi connectivity index (χ2n) is 6.64. The van der Waals surface area contributed by atoms with E-state index >= 15 is 0 Å². The van der Waals surface area contributed by atoms with Crippen LogP contribution >= 0.6 is 15.9 Å². The van der Waals surface area contributed by atoms with Crippen molar-refractivity contribution in [2.45, 2.75) is 33.1 Å². The van der Waals surface area contributed by atoms with Gasteiger partial charge in [0.15, 0.2) is 6.61 Å². The molecule has 29 heavy (non-hydrogen) atoms. The highest BCUT2D eigenvalue weighted by atomic mass is 79.9. The molecular formula is C23H23BrN2O3. The fraction of sp³-hybridized carbons (Fsp3) is 0.261. The van der Waals surface area contributed by atoms with Crippen LogP contribution in [0.25, 0.3) is 10.9 Å². The molecule has 3 aromatic rings. The van der Waals surface area contributed by atoms with E-state index in [2.05, 4.69) is 28.2 Å². The number of nitrogens with one attached hydrogen (secondary N) is 1. The predicted molar refractivity (Wildman–Crippen MR) is 118 cm³/mol. The number of pyridine rings is 1. The van der Waals surface area contributed by atoms with Gasteiger partial charge in [-0.3, -0.25) is 9.78 Å². The summed E-state index contributed by atoms with van der Waals surface area (Å²) in [6, 6.07) is 14.8. The van der Waals surface area contributed by atoms with Gasteiger partial charge in [-0.05, 0) is 52.5 Å². The number of para-hydroxylation sites is 2. The molecule has 3 rings (SSSR count). The van der Waals surface area contributed by atoms with Crippen molar-refractivity contribution in [3.63, 3.8) is 0 Å². The molecule has 6 heteroatoms. The number of carbonyl (C=O) groups excluding carboxylic acids is 2. The van der Waals surface area contributed by atoms with Crippen molar-refractivity contribution < 1.29 is 14.3 Å². The topological polar surface area (TPSA) is 68.3 Å². The third-order valence-corrected chi connectivity index (χ3v) is 5.30. The maximum absolute atomic E-state index is 13.0. The van der Waals surface area contributed by atoms with Gasteiger partial charge in [0.1, 0.15) is 0 Å². The summed E-state index contributed by atoms with van der Waals surface area (Å²) in [6.45, 7) is 3.73. The maximum Gasteiger partial charge on any atom is 0.339 e. The van der Waals surface area contributed by atoms with Crippen LogP contribution in [0.1, 0.15) is 41.9 Å². The largest absolute Gasteiger partial charge is 0.452 e. The van der Waals surface area contributed by atoms with E-state index in [0.717, 1.165) is 39.5 Å². The zero-order valence-corrected chi connectivity index (χ0v) is 18.1. The number of halogens is 1. The van der Waals surface area contributed by atoms with Gasteiger partial charge in [-0.15, -0.1) is 0 Å². The maximum atomic E-state index is 13.0. The van der Waals surface area contributed by atoms with E-state index in [1.165, 1.54) is 0 Å². The number of aromatic nitrogens is 1. The molecule has 2 aromatic carbocycles. The van der Waals surface area contributed by atoms with Crippen LogP contribution < -0.4 is 5.32 Å². The number of ether oxygens (including phenoxy) is 1. The molecule has 0 unspecified atom stereocenters. The molecule has 0 aliphatic carbocycles. The van der Waals surface area contributed by atoms with Crippen LogP contribution in [0.5, 0.6) is 0 Å². The Hall–Kier alpha value is -2.73. The number of aryl methyl sites for hydroxylation is 1. The molecule has 1 aromatic heterocycles. The fourth-order valence-corrected chi connectivity index (χ4v) is 3.70. The van der Waals surface area contributed by atoms with E-state index in [1.807, 2.05) is 49.4 Å². The Morgan fingerprint density at radius 1 is 1.07 bits per heavy atom. The first-order chi connectivity index (χ1) is 14.0. The fourth-order valence-electron chi connectivity index (χ4n) is 3.31. The number of esters is 1. The van der Waals surface area contributed by atoms with E-state index < -0.39 is 11.9 Å². The van der Waals surface area contributed by atoms with Gasteiger partial charge in [0.2, 0.25) is 0 Å². The number of amides is 1. The van der Waals surface area contributed by atoms with Crippen molar-refractivity contribution in [3.05, 3.63) is 69.8 Å². The van der Waals surface area contributed by atoms with E-state index in [4.69, 9.17) is 9.72 Å². The molecule has 150 valence electrons. The summed E-state index contributed by atoms with van der Waals surface area (Å²) in [5, 5.41) is 3.49. The second kappa shape index (κ2) is 9.65. The lowest BCUT2D eigenvalue weighted by Gasteiger charge is -2.15.